The number of carbonyl (C=O) groups is 2. The molecule has 136 valence electrons. The number of benzene rings is 1. The molecule has 25 heavy (non-hydrogen) atoms. The Labute approximate surface area is 148 Å². The molecule has 2 saturated heterocycles. The minimum Gasteiger partial charge on any atom is -0.493 e. The Balaban J connectivity index is 1.78. The summed E-state index contributed by atoms with van der Waals surface area (Å²) in [6, 6.07) is 7.29. The van der Waals surface area contributed by atoms with Gasteiger partial charge < -0.3 is 19.1 Å². The van der Waals surface area contributed by atoms with Crippen LogP contribution in [0.5, 0.6) is 5.75 Å². The van der Waals surface area contributed by atoms with Gasteiger partial charge >= 0.3 is 5.97 Å². The first-order valence-electron chi connectivity index (χ1n) is 8.79. The van der Waals surface area contributed by atoms with E-state index in [1.807, 2.05) is 18.2 Å². The predicted octanol–water partition coefficient (Wildman–Crippen LogP) is 2.13. The minimum absolute atomic E-state index is 0.0166. The molecular formula is C19H25NO5. The summed E-state index contributed by atoms with van der Waals surface area (Å²) >= 11 is 0. The number of fused-ring (bicyclic) bond motifs is 1. The van der Waals surface area contributed by atoms with E-state index in [0.29, 0.717) is 44.2 Å². The zero-order valence-electron chi connectivity index (χ0n) is 14.8. The number of esters is 1. The number of nitrogens with zero attached hydrogens (tertiary/aromatic N) is 1. The van der Waals surface area contributed by atoms with E-state index in [2.05, 4.69) is 6.92 Å². The molecule has 6 nitrogen and oxygen atoms in total. The summed E-state index contributed by atoms with van der Waals surface area (Å²) in [5.41, 5.74) is -0.192. The Bertz CT molecular complexity index is 646. The van der Waals surface area contributed by atoms with Crippen LogP contribution in [0.3, 0.4) is 0 Å². The average molecular weight is 347 g/mol. The number of hydrogen-bond donors (Lipinski definition) is 0. The van der Waals surface area contributed by atoms with Gasteiger partial charge in [0.25, 0.3) is 5.91 Å². The number of para-hydroxylation sites is 1. The van der Waals surface area contributed by atoms with Gasteiger partial charge in [0.1, 0.15) is 11.2 Å². The van der Waals surface area contributed by atoms with Crippen molar-refractivity contribution in [3.05, 3.63) is 29.8 Å². The Kier molecular flexibility index (Phi) is 5.27. The van der Waals surface area contributed by atoms with Gasteiger partial charge in [0.05, 0.1) is 32.5 Å². The quantitative estimate of drug-likeness (QED) is 0.583. The highest BCUT2D eigenvalue weighted by Gasteiger charge is 2.57. The molecule has 0 radical (unpaired) electrons. The molecule has 2 aliphatic rings. The van der Waals surface area contributed by atoms with Gasteiger partial charge in [-0.1, -0.05) is 25.5 Å². The van der Waals surface area contributed by atoms with Crippen LogP contribution in [0.4, 0.5) is 0 Å². The highest BCUT2D eigenvalue weighted by Crippen LogP contribution is 2.43. The molecule has 0 N–H and O–H groups in total. The molecule has 2 fully saturated rings. The number of rotatable bonds is 6. The van der Waals surface area contributed by atoms with Crippen molar-refractivity contribution in [2.75, 3.05) is 40.0 Å². The van der Waals surface area contributed by atoms with Crippen molar-refractivity contribution in [3.8, 4) is 5.75 Å². The Morgan fingerprint density at radius 2 is 2.16 bits per heavy atom. The van der Waals surface area contributed by atoms with Crippen molar-refractivity contribution in [1.29, 1.82) is 0 Å². The molecule has 0 aromatic heterocycles. The maximum absolute atomic E-state index is 13.0. The molecule has 0 spiro atoms. The number of ether oxygens (including phenoxy) is 3. The van der Waals surface area contributed by atoms with E-state index in [0.717, 1.165) is 12.8 Å². The standard InChI is InChI=1S/C19H25NO5/c1-3-4-9-25-16-8-6-5-7-15(16)17(21)20-10-14-11-24-13-19(14,12-20)18(22)23-2/h5-8,14H,3-4,9-13H2,1-2H3/t14-,19-/m0/s1. The number of likely N-dealkylation sites (tertiary alicyclic amines) is 1. The molecular weight excluding hydrogens is 322 g/mol. The smallest absolute Gasteiger partial charge is 0.316 e. The molecule has 0 saturated carbocycles. The SMILES string of the molecule is CCCCOc1ccccc1C(=O)N1C[C@H]2COC[C@@]2(C(=O)OC)C1. The fourth-order valence-electron chi connectivity index (χ4n) is 3.65. The van der Waals surface area contributed by atoms with Gasteiger partial charge in [0, 0.05) is 19.0 Å². The second-order valence-electron chi connectivity index (χ2n) is 6.74. The average Bonchev–Trinajstić information content (AvgIpc) is 3.19. The summed E-state index contributed by atoms with van der Waals surface area (Å²) in [5, 5.41) is 0. The van der Waals surface area contributed by atoms with Crippen LogP contribution in [0.1, 0.15) is 30.1 Å². The van der Waals surface area contributed by atoms with Crippen molar-refractivity contribution in [2.24, 2.45) is 11.3 Å². The third-order valence-corrected chi connectivity index (χ3v) is 5.13. The van der Waals surface area contributed by atoms with Gasteiger partial charge in [-0.25, -0.2) is 0 Å². The molecule has 3 rings (SSSR count). The van der Waals surface area contributed by atoms with Crippen LogP contribution in [0, 0.1) is 11.3 Å². The number of carbonyl (C=O) groups excluding carboxylic acids is 2. The lowest BCUT2D eigenvalue weighted by atomic mass is 9.81. The summed E-state index contributed by atoms with van der Waals surface area (Å²) in [4.78, 5) is 27.1. The lowest BCUT2D eigenvalue weighted by Gasteiger charge is -2.24. The predicted molar refractivity (Wildman–Crippen MR) is 91.5 cm³/mol. The maximum Gasteiger partial charge on any atom is 0.316 e. The van der Waals surface area contributed by atoms with Gasteiger partial charge in [-0.15, -0.1) is 0 Å². The van der Waals surface area contributed by atoms with E-state index in [-0.39, 0.29) is 17.8 Å². The van der Waals surface area contributed by atoms with Crippen molar-refractivity contribution >= 4 is 11.9 Å². The molecule has 1 amide bonds. The fourth-order valence-corrected chi connectivity index (χ4v) is 3.65. The van der Waals surface area contributed by atoms with Gasteiger partial charge in [-0.3, -0.25) is 9.59 Å². The van der Waals surface area contributed by atoms with E-state index >= 15 is 0 Å². The molecule has 6 heteroatoms. The zero-order valence-corrected chi connectivity index (χ0v) is 14.8. The molecule has 2 aliphatic heterocycles. The van der Waals surface area contributed by atoms with Crippen LogP contribution in [0.25, 0.3) is 0 Å². The van der Waals surface area contributed by atoms with Crippen LogP contribution in [0.15, 0.2) is 24.3 Å². The summed E-state index contributed by atoms with van der Waals surface area (Å²) in [5.74, 6) is 0.181. The van der Waals surface area contributed by atoms with Gasteiger partial charge in [0.15, 0.2) is 0 Å². The molecule has 0 aliphatic carbocycles. The first-order valence-corrected chi connectivity index (χ1v) is 8.79. The summed E-state index contributed by atoms with van der Waals surface area (Å²) in [6.07, 6.45) is 1.97. The summed E-state index contributed by atoms with van der Waals surface area (Å²) < 4.78 is 16.3. The highest BCUT2D eigenvalue weighted by molar-refractivity contribution is 5.97. The van der Waals surface area contributed by atoms with Gasteiger partial charge in [-0.05, 0) is 18.6 Å². The van der Waals surface area contributed by atoms with Crippen LogP contribution in [0.2, 0.25) is 0 Å². The minimum atomic E-state index is -0.734. The van der Waals surface area contributed by atoms with Crippen molar-refractivity contribution in [1.82, 2.24) is 4.90 Å². The fraction of sp³-hybridized carbons (Fsp3) is 0.579. The normalized spacial score (nSPS) is 24.9. The molecule has 1 aromatic rings. The molecule has 1 aromatic carbocycles. The van der Waals surface area contributed by atoms with Crippen molar-refractivity contribution in [3.63, 3.8) is 0 Å². The molecule has 2 atom stereocenters. The third-order valence-electron chi connectivity index (χ3n) is 5.13. The largest absolute Gasteiger partial charge is 0.493 e. The highest BCUT2D eigenvalue weighted by atomic mass is 16.5. The topological polar surface area (TPSA) is 65.1 Å². The number of hydrogen-bond acceptors (Lipinski definition) is 5. The molecule has 0 unspecified atom stereocenters. The monoisotopic (exact) mass is 347 g/mol. The number of amides is 1. The van der Waals surface area contributed by atoms with E-state index < -0.39 is 5.41 Å². The van der Waals surface area contributed by atoms with E-state index in [4.69, 9.17) is 14.2 Å². The van der Waals surface area contributed by atoms with Gasteiger partial charge in [0.2, 0.25) is 0 Å². The first-order chi connectivity index (χ1) is 12.1. The van der Waals surface area contributed by atoms with Gasteiger partial charge in [-0.2, -0.15) is 0 Å². The lowest BCUT2D eigenvalue weighted by Crippen LogP contribution is -2.41. The first kappa shape index (κ1) is 17.7. The Morgan fingerprint density at radius 3 is 2.92 bits per heavy atom. The number of unbranched alkanes of at least 4 members (excludes halogenated alkanes) is 1. The van der Waals surface area contributed by atoms with Crippen molar-refractivity contribution in [2.45, 2.75) is 19.8 Å². The van der Waals surface area contributed by atoms with Crippen LogP contribution < -0.4 is 4.74 Å². The Hall–Kier alpha value is -2.08. The van der Waals surface area contributed by atoms with E-state index in [1.54, 1.807) is 11.0 Å². The van der Waals surface area contributed by atoms with E-state index in [1.165, 1.54) is 7.11 Å². The molecule has 2 heterocycles. The van der Waals surface area contributed by atoms with Crippen LogP contribution >= 0.6 is 0 Å². The lowest BCUT2D eigenvalue weighted by molar-refractivity contribution is -0.153. The summed E-state index contributed by atoms with van der Waals surface area (Å²) in [6.45, 7) is 4.29. The molecule has 0 bridgehead atoms. The van der Waals surface area contributed by atoms with Crippen LogP contribution in [-0.2, 0) is 14.3 Å². The third kappa shape index (κ3) is 3.23. The Morgan fingerprint density at radius 1 is 1.36 bits per heavy atom. The second-order valence-corrected chi connectivity index (χ2v) is 6.74. The summed E-state index contributed by atoms with van der Waals surface area (Å²) in [7, 11) is 1.38. The van der Waals surface area contributed by atoms with Crippen LogP contribution in [-0.4, -0.2) is 56.8 Å². The zero-order chi connectivity index (χ0) is 17.9. The van der Waals surface area contributed by atoms with Crippen molar-refractivity contribution < 1.29 is 23.8 Å². The van der Waals surface area contributed by atoms with E-state index in [9.17, 15) is 9.59 Å². The maximum atomic E-state index is 13.0. The number of methoxy groups -OCH3 is 1. The second kappa shape index (κ2) is 7.44.